The summed E-state index contributed by atoms with van der Waals surface area (Å²) in [5, 5.41) is 4.20. The van der Waals surface area contributed by atoms with E-state index in [0.717, 1.165) is 22.2 Å². The minimum atomic E-state index is -0.451. The van der Waals surface area contributed by atoms with Crippen LogP contribution in [0.3, 0.4) is 0 Å². The van der Waals surface area contributed by atoms with Crippen LogP contribution in [0.15, 0.2) is 72.8 Å². The number of hydrogen-bond acceptors (Lipinski definition) is 6. The van der Waals surface area contributed by atoms with Gasteiger partial charge in [-0.25, -0.2) is 4.98 Å². The van der Waals surface area contributed by atoms with E-state index in [2.05, 4.69) is 10.3 Å². The zero-order valence-electron chi connectivity index (χ0n) is 26.2. The molecule has 1 N–H and O–H groups in total. The van der Waals surface area contributed by atoms with Crippen molar-refractivity contribution in [3.05, 3.63) is 105 Å². The van der Waals surface area contributed by atoms with Gasteiger partial charge in [0.1, 0.15) is 17.9 Å². The van der Waals surface area contributed by atoms with Crippen LogP contribution in [0.4, 0.5) is 5.69 Å². The molecule has 0 bridgehead atoms. The van der Waals surface area contributed by atoms with E-state index in [0.29, 0.717) is 47.3 Å². The second-order valence-electron chi connectivity index (χ2n) is 10.5. The maximum absolute atomic E-state index is 13.0. The van der Waals surface area contributed by atoms with Crippen LogP contribution in [0.5, 0.6) is 5.75 Å². The second-order valence-corrected chi connectivity index (χ2v) is 11.3. The number of nitrogens with zero attached hydrogens (tertiary/aromatic N) is 3. The number of nitrogens with one attached hydrogen (secondary N) is 1. The highest BCUT2D eigenvalue weighted by atomic mass is 35.5. The topological polar surface area (TPSA) is 101 Å². The quantitative estimate of drug-likeness (QED) is 0.133. The summed E-state index contributed by atoms with van der Waals surface area (Å²) in [6.45, 7) is 5.18. The van der Waals surface area contributed by atoms with E-state index >= 15 is 0 Å². The van der Waals surface area contributed by atoms with Crippen molar-refractivity contribution in [3.63, 3.8) is 0 Å². The van der Waals surface area contributed by atoms with Gasteiger partial charge in [-0.05, 0) is 61.9 Å². The van der Waals surface area contributed by atoms with Gasteiger partial charge in [-0.2, -0.15) is 0 Å². The van der Waals surface area contributed by atoms with E-state index in [1.54, 1.807) is 61.5 Å². The molecule has 46 heavy (non-hydrogen) atoms. The van der Waals surface area contributed by atoms with Crippen molar-refractivity contribution in [2.75, 3.05) is 45.3 Å². The van der Waals surface area contributed by atoms with Crippen LogP contribution in [-0.2, 0) is 20.9 Å². The van der Waals surface area contributed by atoms with Gasteiger partial charge in [-0.3, -0.25) is 14.4 Å². The van der Waals surface area contributed by atoms with Gasteiger partial charge in [0.15, 0.2) is 0 Å². The number of pyridine rings is 1. The summed E-state index contributed by atoms with van der Waals surface area (Å²) in [4.78, 5) is 45.5. The SMILES string of the molecule is CCOCCN(C)C(=O)c1ccc(/C=C/C(=O)NCC(=O)N(C)c2ccc(Cl)c(COc3cccc4ccc(C)nc34)c2Cl)cc1. The molecule has 3 aromatic carbocycles. The first-order valence-corrected chi connectivity index (χ1v) is 15.5. The van der Waals surface area contributed by atoms with Crippen LogP contribution in [0.2, 0.25) is 10.0 Å². The zero-order valence-corrected chi connectivity index (χ0v) is 27.7. The molecule has 9 nitrogen and oxygen atoms in total. The number of aryl methyl sites for hydroxylation is 1. The van der Waals surface area contributed by atoms with Crippen LogP contribution in [0.25, 0.3) is 17.0 Å². The number of hydrogen-bond donors (Lipinski definition) is 1. The highest BCUT2D eigenvalue weighted by Gasteiger charge is 2.19. The number of aromatic nitrogens is 1. The Labute approximate surface area is 278 Å². The van der Waals surface area contributed by atoms with Crippen LogP contribution in [-0.4, -0.2) is 68.0 Å². The summed E-state index contributed by atoms with van der Waals surface area (Å²) < 4.78 is 11.4. The summed E-state index contributed by atoms with van der Waals surface area (Å²) in [7, 11) is 3.29. The van der Waals surface area contributed by atoms with Crippen LogP contribution < -0.4 is 15.0 Å². The van der Waals surface area contributed by atoms with E-state index in [9.17, 15) is 14.4 Å². The molecule has 1 heterocycles. The molecule has 0 radical (unpaired) electrons. The molecule has 0 atom stereocenters. The Hall–Kier alpha value is -4.44. The lowest BCUT2D eigenvalue weighted by Crippen LogP contribution is -2.37. The van der Waals surface area contributed by atoms with Gasteiger partial charge in [0, 0.05) is 60.6 Å². The molecule has 0 aliphatic rings. The number of carbonyl (C=O) groups excluding carboxylic acids is 3. The number of fused-ring (bicyclic) bond motifs is 1. The molecule has 0 saturated heterocycles. The predicted octanol–water partition coefficient (Wildman–Crippen LogP) is 6.33. The average Bonchev–Trinajstić information content (AvgIpc) is 3.06. The molecule has 0 aliphatic heterocycles. The Morgan fingerprint density at radius 1 is 0.978 bits per heavy atom. The van der Waals surface area contributed by atoms with Crippen molar-refractivity contribution in [1.82, 2.24) is 15.2 Å². The number of halogens is 2. The highest BCUT2D eigenvalue weighted by molar-refractivity contribution is 6.38. The molecule has 11 heteroatoms. The fraction of sp³-hybridized carbons (Fsp3) is 0.257. The lowest BCUT2D eigenvalue weighted by atomic mass is 10.1. The molecule has 4 aromatic rings. The highest BCUT2D eigenvalue weighted by Crippen LogP contribution is 2.35. The molecule has 240 valence electrons. The third kappa shape index (κ3) is 8.84. The molecule has 0 fully saturated rings. The Bertz CT molecular complexity index is 1740. The number of benzene rings is 3. The summed E-state index contributed by atoms with van der Waals surface area (Å²) in [6, 6.07) is 19.8. The van der Waals surface area contributed by atoms with Crippen molar-refractivity contribution >= 4 is 63.6 Å². The van der Waals surface area contributed by atoms with Gasteiger partial charge in [0.25, 0.3) is 5.91 Å². The van der Waals surface area contributed by atoms with Gasteiger partial charge in [-0.1, -0.05) is 53.5 Å². The first kappa shape index (κ1) is 34.4. The average molecular weight is 664 g/mol. The summed E-state index contributed by atoms with van der Waals surface area (Å²) in [6.07, 6.45) is 2.93. The largest absolute Gasteiger partial charge is 0.487 e. The van der Waals surface area contributed by atoms with Gasteiger partial charge in [0.2, 0.25) is 11.8 Å². The first-order chi connectivity index (χ1) is 22.1. The van der Waals surface area contributed by atoms with Crippen LogP contribution in [0.1, 0.15) is 34.1 Å². The molecule has 1 aromatic heterocycles. The standard InChI is InChI=1S/C35H36Cl2N4O5/c1-5-45-20-19-40(3)35(44)26-14-10-24(11-15-26)12-18-31(42)38-21-32(43)41(4)29-17-16-28(36)27(33(29)37)22-46-30-8-6-7-25-13-9-23(2)39-34(25)30/h6-18H,5,19-22H2,1-4H3,(H,38,42)/b18-12+. The normalized spacial score (nSPS) is 11.1. The molecule has 3 amide bonds. The number of rotatable bonds is 13. The number of para-hydroxylation sites is 1. The second kappa shape index (κ2) is 16.2. The number of amides is 3. The number of likely N-dealkylation sites (N-methyl/N-ethyl adjacent to an activating group) is 2. The summed E-state index contributed by atoms with van der Waals surface area (Å²) in [5.41, 5.74) is 3.79. The van der Waals surface area contributed by atoms with E-state index in [1.165, 1.54) is 11.0 Å². The molecule has 4 rings (SSSR count). The number of carbonyl (C=O) groups is 3. The monoisotopic (exact) mass is 662 g/mol. The lowest BCUT2D eigenvalue weighted by Gasteiger charge is -2.21. The van der Waals surface area contributed by atoms with Gasteiger partial charge in [-0.15, -0.1) is 0 Å². The van der Waals surface area contributed by atoms with E-state index < -0.39 is 5.91 Å². The van der Waals surface area contributed by atoms with Gasteiger partial charge < -0.3 is 24.6 Å². The molecule has 0 aliphatic carbocycles. The zero-order chi connectivity index (χ0) is 33.2. The van der Waals surface area contributed by atoms with E-state index in [-0.39, 0.29) is 30.0 Å². The molecule has 0 saturated carbocycles. The minimum Gasteiger partial charge on any atom is -0.487 e. The van der Waals surface area contributed by atoms with Crippen LogP contribution >= 0.6 is 23.2 Å². The minimum absolute atomic E-state index is 0.0591. The molecular formula is C35H36Cl2N4O5. The van der Waals surface area contributed by atoms with Crippen molar-refractivity contribution < 1.29 is 23.9 Å². The summed E-state index contributed by atoms with van der Waals surface area (Å²) >= 11 is 13.2. The van der Waals surface area contributed by atoms with Crippen molar-refractivity contribution in [3.8, 4) is 5.75 Å². The van der Waals surface area contributed by atoms with Gasteiger partial charge >= 0.3 is 0 Å². The van der Waals surface area contributed by atoms with Gasteiger partial charge in [0.05, 0.1) is 23.9 Å². The van der Waals surface area contributed by atoms with E-state index in [1.807, 2.05) is 44.2 Å². The third-order valence-electron chi connectivity index (χ3n) is 7.22. The molecule has 0 spiro atoms. The Morgan fingerprint density at radius 3 is 2.48 bits per heavy atom. The van der Waals surface area contributed by atoms with E-state index in [4.69, 9.17) is 32.7 Å². The fourth-order valence-corrected chi connectivity index (χ4v) is 5.12. The fourth-order valence-electron chi connectivity index (χ4n) is 4.51. The first-order valence-electron chi connectivity index (χ1n) is 14.7. The third-order valence-corrected chi connectivity index (χ3v) is 7.99. The maximum Gasteiger partial charge on any atom is 0.253 e. The Kier molecular flexibility index (Phi) is 12.1. The Morgan fingerprint density at radius 2 is 1.74 bits per heavy atom. The van der Waals surface area contributed by atoms with Crippen molar-refractivity contribution in [2.24, 2.45) is 0 Å². The van der Waals surface area contributed by atoms with Crippen molar-refractivity contribution in [1.29, 1.82) is 0 Å². The predicted molar refractivity (Wildman–Crippen MR) is 183 cm³/mol. The number of anilines is 1. The Balaban J connectivity index is 1.33. The van der Waals surface area contributed by atoms with Crippen molar-refractivity contribution in [2.45, 2.75) is 20.5 Å². The maximum atomic E-state index is 13.0. The molecule has 0 unspecified atom stereocenters. The lowest BCUT2D eigenvalue weighted by molar-refractivity contribution is -0.122. The smallest absolute Gasteiger partial charge is 0.253 e. The van der Waals surface area contributed by atoms with Crippen LogP contribution in [0, 0.1) is 6.92 Å². The molecular weight excluding hydrogens is 627 g/mol. The summed E-state index contributed by atoms with van der Waals surface area (Å²) in [5.74, 6) is -0.367. The number of ether oxygens (including phenoxy) is 2.